The molecule has 1 N–H and O–H groups in total. The zero-order valence-corrected chi connectivity index (χ0v) is 16.9. The van der Waals surface area contributed by atoms with Gasteiger partial charge in [-0.25, -0.2) is 13.4 Å². The van der Waals surface area contributed by atoms with E-state index in [0.29, 0.717) is 16.3 Å². The molecule has 5 nitrogen and oxygen atoms in total. The fourth-order valence-corrected chi connectivity index (χ4v) is 4.67. The number of pyridine rings is 1. The van der Waals surface area contributed by atoms with E-state index in [2.05, 4.69) is 9.71 Å². The van der Waals surface area contributed by atoms with E-state index in [-0.39, 0.29) is 4.90 Å². The summed E-state index contributed by atoms with van der Waals surface area (Å²) in [6, 6.07) is 16.0. The van der Waals surface area contributed by atoms with Crippen molar-refractivity contribution in [3.63, 3.8) is 0 Å². The number of rotatable bonds is 4. The van der Waals surface area contributed by atoms with Gasteiger partial charge in [-0.15, -0.1) is 0 Å². The largest absolute Gasteiger partial charge is 0.306 e. The molecule has 0 aliphatic heterocycles. The first-order chi connectivity index (χ1) is 13.3. The summed E-state index contributed by atoms with van der Waals surface area (Å²) in [4.78, 5) is 4.83. The fourth-order valence-electron chi connectivity index (χ4n) is 3.12. The molecule has 0 aliphatic carbocycles. The number of hydrogen-bond acceptors (Lipinski definition) is 3. The lowest BCUT2D eigenvalue weighted by molar-refractivity contribution is 0.600. The topological polar surface area (TPSA) is 63.5 Å². The molecule has 28 heavy (non-hydrogen) atoms. The lowest BCUT2D eigenvalue weighted by Crippen LogP contribution is -2.14. The third-order valence-corrected chi connectivity index (χ3v) is 6.53. The number of sulfonamides is 1. The average molecular weight is 412 g/mol. The van der Waals surface area contributed by atoms with Crippen molar-refractivity contribution in [1.82, 2.24) is 9.38 Å². The second-order valence-electron chi connectivity index (χ2n) is 6.60. The van der Waals surface area contributed by atoms with Gasteiger partial charge in [0, 0.05) is 28.7 Å². The highest BCUT2D eigenvalue weighted by Gasteiger charge is 2.18. The lowest BCUT2D eigenvalue weighted by Gasteiger charge is -2.11. The minimum atomic E-state index is -3.76. The molecule has 0 saturated carbocycles. The number of imidazole rings is 1. The minimum absolute atomic E-state index is 0.161. The predicted octanol–water partition coefficient (Wildman–Crippen LogP) is 5.07. The van der Waals surface area contributed by atoms with E-state index in [1.54, 1.807) is 37.3 Å². The smallest absolute Gasteiger partial charge is 0.262 e. The molecule has 0 bridgehead atoms. The van der Waals surface area contributed by atoms with Crippen molar-refractivity contribution in [2.24, 2.45) is 0 Å². The van der Waals surface area contributed by atoms with Crippen molar-refractivity contribution in [1.29, 1.82) is 0 Å². The van der Waals surface area contributed by atoms with Crippen LogP contribution < -0.4 is 4.72 Å². The maximum atomic E-state index is 12.8. The Labute approximate surface area is 168 Å². The third kappa shape index (κ3) is 3.37. The van der Waals surface area contributed by atoms with Gasteiger partial charge in [0.1, 0.15) is 5.65 Å². The fraction of sp³-hybridized carbons (Fsp3) is 0.0952. The molecular formula is C21H18ClN3O2S. The van der Waals surface area contributed by atoms with Crippen LogP contribution in [-0.4, -0.2) is 17.8 Å². The molecule has 0 radical (unpaired) electrons. The number of anilines is 1. The van der Waals surface area contributed by atoms with Crippen LogP contribution in [0.2, 0.25) is 5.02 Å². The van der Waals surface area contributed by atoms with E-state index < -0.39 is 10.0 Å². The van der Waals surface area contributed by atoms with Crippen LogP contribution in [-0.2, 0) is 10.0 Å². The number of halogens is 1. The highest BCUT2D eigenvalue weighted by atomic mass is 35.5. The van der Waals surface area contributed by atoms with E-state index in [4.69, 9.17) is 11.6 Å². The standard InChI is InChI=1S/C21H18ClN3O2S/c1-14-6-5-11-25-13-19(23-21(14)25)16-7-3-8-17(12-16)24-28(26,27)20-10-4-9-18(22)15(20)2/h3-13,24H,1-2H3. The molecule has 0 saturated heterocycles. The van der Waals surface area contributed by atoms with E-state index in [0.717, 1.165) is 22.5 Å². The van der Waals surface area contributed by atoms with Crippen LogP contribution in [0.4, 0.5) is 5.69 Å². The Balaban J connectivity index is 1.70. The van der Waals surface area contributed by atoms with Crippen molar-refractivity contribution in [2.75, 3.05) is 4.72 Å². The number of benzene rings is 2. The number of nitrogens with zero attached hydrogens (tertiary/aromatic N) is 2. The second-order valence-corrected chi connectivity index (χ2v) is 8.66. The summed E-state index contributed by atoms with van der Waals surface area (Å²) in [6.07, 6.45) is 3.87. The van der Waals surface area contributed by atoms with E-state index >= 15 is 0 Å². The molecule has 7 heteroatoms. The van der Waals surface area contributed by atoms with Crippen LogP contribution in [0.15, 0.2) is 71.9 Å². The summed E-state index contributed by atoms with van der Waals surface area (Å²) in [6.45, 7) is 3.69. The molecule has 0 unspecified atom stereocenters. The molecule has 2 aromatic heterocycles. The zero-order chi connectivity index (χ0) is 19.9. The summed E-state index contributed by atoms with van der Waals surface area (Å²) in [7, 11) is -3.76. The summed E-state index contributed by atoms with van der Waals surface area (Å²) in [5.41, 5.74) is 4.52. The maximum Gasteiger partial charge on any atom is 0.262 e. The summed E-state index contributed by atoms with van der Waals surface area (Å²) >= 11 is 6.08. The predicted molar refractivity (Wildman–Crippen MR) is 112 cm³/mol. The Morgan fingerprint density at radius 2 is 1.82 bits per heavy atom. The van der Waals surface area contributed by atoms with E-state index in [1.165, 1.54) is 6.07 Å². The third-order valence-electron chi connectivity index (χ3n) is 4.60. The van der Waals surface area contributed by atoms with Crippen molar-refractivity contribution < 1.29 is 8.42 Å². The van der Waals surface area contributed by atoms with Gasteiger partial charge in [0.15, 0.2) is 0 Å². The highest BCUT2D eigenvalue weighted by molar-refractivity contribution is 7.92. The Kier molecular flexibility index (Phi) is 4.61. The highest BCUT2D eigenvalue weighted by Crippen LogP contribution is 2.27. The van der Waals surface area contributed by atoms with Crippen LogP contribution in [0.5, 0.6) is 0 Å². The van der Waals surface area contributed by atoms with Crippen molar-refractivity contribution in [3.05, 3.63) is 83.1 Å². The summed E-state index contributed by atoms with van der Waals surface area (Å²) in [5.74, 6) is 0. The summed E-state index contributed by atoms with van der Waals surface area (Å²) in [5, 5.41) is 0.414. The first kappa shape index (κ1) is 18.5. The molecular weight excluding hydrogens is 394 g/mol. The molecule has 2 heterocycles. The van der Waals surface area contributed by atoms with Crippen LogP contribution >= 0.6 is 11.6 Å². The summed E-state index contributed by atoms with van der Waals surface area (Å²) < 4.78 is 30.2. The maximum absolute atomic E-state index is 12.8. The molecule has 4 rings (SSSR count). The molecule has 0 amide bonds. The van der Waals surface area contributed by atoms with E-state index in [9.17, 15) is 8.42 Å². The quantitative estimate of drug-likeness (QED) is 0.509. The first-order valence-corrected chi connectivity index (χ1v) is 10.5. The molecule has 4 aromatic rings. The Hall–Kier alpha value is -2.83. The van der Waals surface area contributed by atoms with Gasteiger partial charge < -0.3 is 4.40 Å². The molecule has 2 aromatic carbocycles. The van der Waals surface area contributed by atoms with Gasteiger partial charge in [0.2, 0.25) is 0 Å². The van der Waals surface area contributed by atoms with Crippen molar-refractivity contribution in [3.8, 4) is 11.3 Å². The van der Waals surface area contributed by atoms with Crippen LogP contribution in [0.3, 0.4) is 0 Å². The van der Waals surface area contributed by atoms with Gasteiger partial charge >= 0.3 is 0 Å². The van der Waals surface area contributed by atoms with Gasteiger partial charge in [0.05, 0.1) is 10.6 Å². The Morgan fingerprint density at radius 1 is 1.04 bits per heavy atom. The number of fused-ring (bicyclic) bond motifs is 1. The minimum Gasteiger partial charge on any atom is -0.306 e. The van der Waals surface area contributed by atoms with Crippen molar-refractivity contribution in [2.45, 2.75) is 18.7 Å². The Bertz CT molecular complexity index is 1300. The average Bonchev–Trinajstić information content (AvgIpc) is 3.09. The van der Waals surface area contributed by atoms with Crippen molar-refractivity contribution >= 4 is 33.0 Å². The second kappa shape index (κ2) is 6.96. The molecule has 142 valence electrons. The van der Waals surface area contributed by atoms with Crippen LogP contribution in [0.1, 0.15) is 11.1 Å². The SMILES string of the molecule is Cc1c(Cl)cccc1S(=O)(=O)Nc1cccc(-c2cn3cccc(C)c3n2)c1. The normalized spacial score (nSPS) is 11.7. The first-order valence-electron chi connectivity index (χ1n) is 8.68. The van der Waals surface area contributed by atoms with Gasteiger partial charge in [-0.3, -0.25) is 4.72 Å². The number of aromatic nitrogens is 2. The van der Waals surface area contributed by atoms with Crippen LogP contribution in [0.25, 0.3) is 16.9 Å². The van der Waals surface area contributed by atoms with Gasteiger partial charge in [0.25, 0.3) is 10.0 Å². The van der Waals surface area contributed by atoms with Gasteiger partial charge in [-0.2, -0.15) is 0 Å². The van der Waals surface area contributed by atoms with Gasteiger partial charge in [-0.1, -0.05) is 35.9 Å². The monoisotopic (exact) mass is 411 g/mol. The number of hydrogen-bond donors (Lipinski definition) is 1. The van der Waals surface area contributed by atoms with E-state index in [1.807, 2.05) is 41.9 Å². The molecule has 0 fully saturated rings. The number of nitrogens with one attached hydrogen (secondary N) is 1. The molecule has 0 spiro atoms. The lowest BCUT2D eigenvalue weighted by atomic mass is 10.1. The van der Waals surface area contributed by atoms with Gasteiger partial charge in [-0.05, 0) is 55.3 Å². The zero-order valence-electron chi connectivity index (χ0n) is 15.3. The number of aryl methyl sites for hydroxylation is 1. The Morgan fingerprint density at radius 3 is 2.61 bits per heavy atom. The molecule has 0 aliphatic rings. The molecule has 0 atom stereocenters. The van der Waals surface area contributed by atoms with Crippen LogP contribution in [0, 0.1) is 13.8 Å².